The number of hydrogen-bond acceptors (Lipinski definition) is 3. The molecule has 2 atom stereocenters. The van der Waals surface area contributed by atoms with Crippen molar-refractivity contribution < 1.29 is 4.79 Å². The summed E-state index contributed by atoms with van der Waals surface area (Å²) in [7, 11) is 4.30. The minimum absolute atomic E-state index is 0.0817. The average molecular weight is 317 g/mol. The van der Waals surface area contributed by atoms with E-state index in [0.717, 1.165) is 38.0 Å². The van der Waals surface area contributed by atoms with E-state index in [4.69, 9.17) is 0 Å². The summed E-state index contributed by atoms with van der Waals surface area (Å²) in [6.07, 6.45) is 4.53. The van der Waals surface area contributed by atoms with Crippen molar-refractivity contribution >= 4 is 11.6 Å². The number of anilines is 1. The maximum atomic E-state index is 12.5. The van der Waals surface area contributed by atoms with Gasteiger partial charge in [-0.1, -0.05) is 19.1 Å². The predicted molar refractivity (Wildman–Crippen MR) is 96.8 cm³/mol. The number of hydrogen-bond donors (Lipinski definition) is 1. The van der Waals surface area contributed by atoms with Crippen molar-refractivity contribution in [2.75, 3.05) is 32.5 Å². The van der Waals surface area contributed by atoms with Gasteiger partial charge in [-0.25, -0.2) is 0 Å². The molecule has 0 radical (unpaired) electrons. The molecule has 1 heterocycles. The SMILES string of the molecule is CCc1ccc(NC(=O)[C@@H](C)N2CCC[C@H](N(C)C)CC2)cc1. The van der Waals surface area contributed by atoms with Gasteiger partial charge in [-0.15, -0.1) is 0 Å². The first-order chi connectivity index (χ1) is 11.0. The van der Waals surface area contributed by atoms with Crippen molar-refractivity contribution in [3.63, 3.8) is 0 Å². The highest BCUT2D eigenvalue weighted by atomic mass is 16.2. The quantitative estimate of drug-likeness (QED) is 0.907. The van der Waals surface area contributed by atoms with Gasteiger partial charge in [-0.3, -0.25) is 9.69 Å². The van der Waals surface area contributed by atoms with E-state index in [1.54, 1.807) is 0 Å². The highest BCUT2D eigenvalue weighted by Gasteiger charge is 2.25. The summed E-state index contributed by atoms with van der Waals surface area (Å²) in [6.45, 7) is 6.15. The summed E-state index contributed by atoms with van der Waals surface area (Å²) in [5.74, 6) is 0.0950. The zero-order chi connectivity index (χ0) is 16.8. The molecule has 0 aromatic heterocycles. The second-order valence-electron chi connectivity index (χ2n) is 6.80. The van der Waals surface area contributed by atoms with Crippen LogP contribution in [0.5, 0.6) is 0 Å². The van der Waals surface area contributed by atoms with Gasteiger partial charge >= 0.3 is 0 Å². The molecule has 1 aliphatic rings. The Hall–Kier alpha value is -1.39. The number of rotatable bonds is 5. The third kappa shape index (κ3) is 5.05. The lowest BCUT2D eigenvalue weighted by molar-refractivity contribution is -0.120. The number of nitrogens with zero attached hydrogens (tertiary/aromatic N) is 2. The van der Waals surface area contributed by atoms with E-state index in [-0.39, 0.29) is 11.9 Å². The fourth-order valence-corrected chi connectivity index (χ4v) is 3.24. The average Bonchev–Trinajstić information content (AvgIpc) is 2.81. The predicted octanol–water partition coefficient (Wildman–Crippen LogP) is 2.99. The number of amides is 1. The highest BCUT2D eigenvalue weighted by Crippen LogP contribution is 2.18. The normalized spacial score (nSPS) is 21.0. The van der Waals surface area contributed by atoms with Crippen molar-refractivity contribution in [1.82, 2.24) is 9.80 Å². The van der Waals surface area contributed by atoms with Gasteiger partial charge in [0.15, 0.2) is 0 Å². The van der Waals surface area contributed by atoms with Gasteiger partial charge in [0.2, 0.25) is 5.91 Å². The van der Waals surface area contributed by atoms with Crippen molar-refractivity contribution in [1.29, 1.82) is 0 Å². The van der Waals surface area contributed by atoms with Crippen LogP contribution in [0.1, 0.15) is 38.7 Å². The van der Waals surface area contributed by atoms with Crippen LogP contribution in [-0.2, 0) is 11.2 Å². The largest absolute Gasteiger partial charge is 0.325 e. The molecule has 1 aromatic carbocycles. The molecule has 2 rings (SSSR count). The summed E-state index contributed by atoms with van der Waals surface area (Å²) in [6, 6.07) is 8.70. The Morgan fingerprint density at radius 1 is 1.26 bits per heavy atom. The fraction of sp³-hybridized carbons (Fsp3) is 0.632. The molecule has 1 aromatic rings. The first kappa shape index (κ1) is 18.0. The van der Waals surface area contributed by atoms with Crippen LogP contribution in [-0.4, -0.2) is 55.0 Å². The molecule has 1 saturated heterocycles. The number of aryl methyl sites for hydroxylation is 1. The lowest BCUT2D eigenvalue weighted by Gasteiger charge is -2.27. The zero-order valence-electron chi connectivity index (χ0n) is 15.0. The number of carbonyl (C=O) groups is 1. The van der Waals surface area contributed by atoms with Crippen molar-refractivity contribution in [3.05, 3.63) is 29.8 Å². The van der Waals surface area contributed by atoms with Crippen LogP contribution in [0, 0.1) is 0 Å². The van der Waals surface area contributed by atoms with Gasteiger partial charge in [0.05, 0.1) is 6.04 Å². The molecule has 0 bridgehead atoms. The van der Waals surface area contributed by atoms with E-state index in [1.165, 1.54) is 12.0 Å². The molecule has 1 amide bonds. The summed E-state index contributed by atoms with van der Waals surface area (Å²) in [4.78, 5) is 17.2. The van der Waals surface area contributed by atoms with Crippen LogP contribution in [0.15, 0.2) is 24.3 Å². The molecule has 23 heavy (non-hydrogen) atoms. The lowest BCUT2D eigenvalue weighted by atomic mass is 10.1. The zero-order valence-corrected chi connectivity index (χ0v) is 15.0. The van der Waals surface area contributed by atoms with Crippen LogP contribution in [0.3, 0.4) is 0 Å². The Labute approximate surface area is 140 Å². The van der Waals surface area contributed by atoms with E-state index in [2.05, 4.69) is 48.3 Å². The number of benzene rings is 1. The topological polar surface area (TPSA) is 35.6 Å². The Morgan fingerprint density at radius 2 is 1.96 bits per heavy atom. The number of likely N-dealkylation sites (tertiary alicyclic amines) is 1. The van der Waals surface area contributed by atoms with Gasteiger partial charge in [0.1, 0.15) is 0 Å². The van der Waals surface area contributed by atoms with E-state index in [1.807, 2.05) is 19.1 Å². The van der Waals surface area contributed by atoms with E-state index in [0.29, 0.717) is 6.04 Å². The molecule has 128 valence electrons. The highest BCUT2D eigenvalue weighted by molar-refractivity contribution is 5.94. The van der Waals surface area contributed by atoms with Crippen LogP contribution in [0.4, 0.5) is 5.69 Å². The lowest BCUT2D eigenvalue weighted by Crippen LogP contribution is -2.43. The first-order valence-electron chi connectivity index (χ1n) is 8.81. The van der Waals surface area contributed by atoms with Gasteiger partial charge < -0.3 is 10.2 Å². The van der Waals surface area contributed by atoms with Gasteiger partial charge in [-0.05, 0) is 70.9 Å². The maximum absolute atomic E-state index is 12.5. The smallest absolute Gasteiger partial charge is 0.241 e. The van der Waals surface area contributed by atoms with E-state index < -0.39 is 0 Å². The molecule has 0 unspecified atom stereocenters. The second kappa shape index (κ2) is 8.46. The minimum Gasteiger partial charge on any atom is -0.325 e. The maximum Gasteiger partial charge on any atom is 0.241 e. The third-order valence-electron chi connectivity index (χ3n) is 5.02. The summed E-state index contributed by atoms with van der Waals surface area (Å²) < 4.78 is 0. The fourth-order valence-electron chi connectivity index (χ4n) is 3.24. The molecular weight excluding hydrogens is 286 g/mol. The Kier molecular flexibility index (Phi) is 6.60. The van der Waals surface area contributed by atoms with Gasteiger partial charge in [0, 0.05) is 18.3 Å². The molecule has 0 aliphatic carbocycles. The summed E-state index contributed by atoms with van der Waals surface area (Å²) in [5.41, 5.74) is 2.18. The van der Waals surface area contributed by atoms with Crippen molar-refractivity contribution in [3.8, 4) is 0 Å². The molecular formula is C19H31N3O. The minimum atomic E-state index is -0.0817. The Morgan fingerprint density at radius 3 is 2.57 bits per heavy atom. The Bertz CT molecular complexity index is 498. The number of carbonyl (C=O) groups excluding carboxylic acids is 1. The third-order valence-corrected chi connectivity index (χ3v) is 5.02. The molecule has 1 aliphatic heterocycles. The molecule has 1 N–H and O–H groups in total. The second-order valence-corrected chi connectivity index (χ2v) is 6.80. The molecule has 4 heteroatoms. The molecule has 4 nitrogen and oxygen atoms in total. The van der Waals surface area contributed by atoms with E-state index >= 15 is 0 Å². The summed E-state index contributed by atoms with van der Waals surface area (Å²) >= 11 is 0. The van der Waals surface area contributed by atoms with Crippen LogP contribution in [0.25, 0.3) is 0 Å². The number of nitrogens with one attached hydrogen (secondary N) is 1. The Balaban J connectivity index is 1.90. The van der Waals surface area contributed by atoms with Crippen molar-refractivity contribution in [2.24, 2.45) is 0 Å². The molecule has 0 saturated carbocycles. The molecule has 0 spiro atoms. The van der Waals surface area contributed by atoms with Crippen LogP contribution >= 0.6 is 0 Å². The summed E-state index contributed by atoms with van der Waals surface area (Å²) in [5, 5.41) is 3.05. The standard InChI is InChI=1S/C19H31N3O/c1-5-16-8-10-17(11-9-16)20-19(23)15(2)22-13-6-7-18(12-14-22)21(3)4/h8-11,15,18H,5-7,12-14H2,1-4H3,(H,20,23)/t15-,18+/m1/s1. The van der Waals surface area contributed by atoms with Crippen LogP contribution in [0.2, 0.25) is 0 Å². The van der Waals surface area contributed by atoms with Crippen molar-refractivity contribution in [2.45, 2.75) is 51.6 Å². The molecule has 1 fully saturated rings. The van der Waals surface area contributed by atoms with Gasteiger partial charge in [0.25, 0.3) is 0 Å². The van der Waals surface area contributed by atoms with Gasteiger partial charge in [-0.2, -0.15) is 0 Å². The first-order valence-corrected chi connectivity index (χ1v) is 8.81. The van der Waals surface area contributed by atoms with E-state index in [9.17, 15) is 4.79 Å². The monoisotopic (exact) mass is 317 g/mol. The van der Waals surface area contributed by atoms with Crippen LogP contribution < -0.4 is 5.32 Å².